The van der Waals surface area contributed by atoms with Crippen molar-refractivity contribution < 1.29 is 9.47 Å². The molecule has 3 heteroatoms. The minimum Gasteiger partial charge on any atom is -0.494 e. The van der Waals surface area contributed by atoms with Crippen molar-refractivity contribution in [2.45, 2.75) is 52.7 Å². The summed E-state index contributed by atoms with van der Waals surface area (Å²) in [6.45, 7) is 10.2. The zero-order chi connectivity index (χ0) is 14.1. The van der Waals surface area contributed by atoms with E-state index in [0.29, 0.717) is 12.6 Å². The average Bonchev–Trinajstić information content (AvgIpc) is 2.39. The Balaban J connectivity index is 2.36. The highest BCUT2D eigenvalue weighted by atomic mass is 16.5. The van der Waals surface area contributed by atoms with Crippen LogP contribution in [0, 0.1) is 0 Å². The van der Waals surface area contributed by atoms with Crippen LogP contribution in [0.2, 0.25) is 0 Å². The first-order valence-electron chi connectivity index (χ1n) is 7.28. The molecule has 0 saturated carbocycles. The molecule has 0 aliphatic heterocycles. The molecule has 1 rings (SSSR count). The normalized spacial score (nSPS) is 13.9. The summed E-state index contributed by atoms with van der Waals surface area (Å²) in [5, 5.41) is 3.47. The van der Waals surface area contributed by atoms with Gasteiger partial charge in [-0.05, 0) is 64.4 Å². The van der Waals surface area contributed by atoms with Gasteiger partial charge in [0, 0.05) is 6.04 Å². The van der Waals surface area contributed by atoms with Crippen LogP contribution in [0.25, 0.3) is 0 Å². The van der Waals surface area contributed by atoms with E-state index in [1.54, 1.807) is 0 Å². The van der Waals surface area contributed by atoms with Crippen LogP contribution in [-0.2, 0) is 0 Å². The van der Waals surface area contributed by atoms with E-state index in [-0.39, 0.29) is 6.10 Å². The van der Waals surface area contributed by atoms with Gasteiger partial charge in [0.2, 0.25) is 0 Å². The molecular formula is C16H27NO2. The fraction of sp³-hybridized carbons (Fsp3) is 0.625. The van der Waals surface area contributed by atoms with E-state index >= 15 is 0 Å². The Morgan fingerprint density at radius 1 is 1.05 bits per heavy atom. The van der Waals surface area contributed by atoms with Crippen LogP contribution in [0.3, 0.4) is 0 Å². The van der Waals surface area contributed by atoms with Crippen LogP contribution >= 0.6 is 0 Å². The molecule has 0 spiro atoms. The summed E-state index contributed by atoms with van der Waals surface area (Å²) in [6, 6.07) is 8.31. The van der Waals surface area contributed by atoms with Gasteiger partial charge in [-0.2, -0.15) is 0 Å². The Bertz CT molecular complexity index is 337. The second-order valence-electron chi connectivity index (χ2n) is 4.92. The molecule has 0 aliphatic rings. The van der Waals surface area contributed by atoms with Crippen LogP contribution in [0.5, 0.6) is 11.5 Å². The predicted octanol–water partition coefficient (Wildman–Crippen LogP) is 3.63. The van der Waals surface area contributed by atoms with Crippen molar-refractivity contribution in [1.82, 2.24) is 5.32 Å². The quantitative estimate of drug-likeness (QED) is 0.739. The first-order valence-corrected chi connectivity index (χ1v) is 7.28. The van der Waals surface area contributed by atoms with Crippen LogP contribution in [0.15, 0.2) is 24.3 Å². The maximum atomic E-state index is 5.90. The van der Waals surface area contributed by atoms with Crippen LogP contribution < -0.4 is 14.8 Å². The summed E-state index contributed by atoms with van der Waals surface area (Å²) in [5.41, 5.74) is 0. The number of rotatable bonds is 9. The summed E-state index contributed by atoms with van der Waals surface area (Å²) in [6.07, 6.45) is 2.38. The monoisotopic (exact) mass is 265 g/mol. The molecule has 0 saturated heterocycles. The molecule has 1 aromatic rings. The van der Waals surface area contributed by atoms with Crippen molar-refractivity contribution in [3.63, 3.8) is 0 Å². The highest BCUT2D eigenvalue weighted by Crippen LogP contribution is 2.19. The highest BCUT2D eigenvalue weighted by Gasteiger charge is 2.09. The topological polar surface area (TPSA) is 30.5 Å². The fourth-order valence-electron chi connectivity index (χ4n) is 2.03. The van der Waals surface area contributed by atoms with Gasteiger partial charge in [0.1, 0.15) is 11.5 Å². The van der Waals surface area contributed by atoms with Crippen molar-refractivity contribution >= 4 is 0 Å². The smallest absolute Gasteiger partial charge is 0.119 e. The number of hydrogen-bond donors (Lipinski definition) is 1. The molecule has 1 aromatic carbocycles. The lowest BCUT2D eigenvalue weighted by atomic mass is 10.1. The molecule has 0 aromatic heterocycles. The Hall–Kier alpha value is -1.22. The van der Waals surface area contributed by atoms with Crippen molar-refractivity contribution in [1.29, 1.82) is 0 Å². The van der Waals surface area contributed by atoms with E-state index in [0.717, 1.165) is 24.5 Å². The average molecular weight is 265 g/mol. The SMILES string of the molecule is CCCNC(C)CC(C)Oc1ccc(OCC)cc1. The Labute approximate surface area is 117 Å². The summed E-state index contributed by atoms with van der Waals surface area (Å²) < 4.78 is 11.3. The third kappa shape index (κ3) is 6.48. The standard InChI is InChI=1S/C16H27NO2/c1-5-11-17-13(3)12-14(4)19-16-9-7-15(8-10-16)18-6-2/h7-10,13-14,17H,5-6,11-12H2,1-4H3. The maximum absolute atomic E-state index is 5.90. The molecule has 2 unspecified atom stereocenters. The van der Waals surface area contributed by atoms with Gasteiger partial charge in [0.05, 0.1) is 12.7 Å². The van der Waals surface area contributed by atoms with E-state index in [1.165, 1.54) is 6.42 Å². The molecule has 19 heavy (non-hydrogen) atoms. The van der Waals surface area contributed by atoms with E-state index in [2.05, 4.69) is 26.1 Å². The van der Waals surface area contributed by atoms with Crippen molar-refractivity contribution in [2.75, 3.05) is 13.2 Å². The molecule has 0 fully saturated rings. The van der Waals surface area contributed by atoms with Gasteiger partial charge >= 0.3 is 0 Å². The zero-order valence-corrected chi connectivity index (χ0v) is 12.6. The number of hydrogen-bond acceptors (Lipinski definition) is 3. The number of nitrogens with one attached hydrogen (secondary N) is 1. The van der Waals surface area contributed by atoms with Crippen LogP contribution in [0.1, 0.15) is 40.5 Å². The number of benzene rings is 1. The lowest BCUT2D eigenvalue weighted by molar-refractivity contribution is 0.195. The summed E-state index contributed by atoms with van der Waals surface area (Å²) in [7, 11) is 0. The van der Waals surface area contributed by atoms with Gasteiger partial charge in [0.15, 0.2) is 0 Å². The first kappa shape index (κ1) is 15.8. The molecule has 0 amide bonds. The molecule has 2 atom stereocenters. The Morgan fingerprint density at radius 2 is 1.68 bits per heavy atom. The van der Waals surface area contributed by atoms with E-state index in [4.69, 9.17) is 9.47 Å². The van der Waals surface area contributed by atoms with Gasteiger partial charge in [-0.15, -0.1) is 0 Å². The zero-order valence-electron chi connectivity index (χ0n) is 12.6. The van der Waals surface area contributed by atoms with Crippen molar-refractivity contribution in [3.05, 3.63) is 24.3 Å². The highest BCUT2D eigenvalue weighted by molar-refractivity contribution is 5.31. The second-order valence-corrected chi connectivity index (χ2v) is 4.92. The van der Waals surface area contributed by atoms with E-state index in [9.17, 15) is 0 Å². The molecule has 108 valence electrons. The predicted molar refractivity (Wildman–Crippen MR) is 80.1 cm³/mol. The third-order valence-electron chi connectivity index (χ3n) is 2.90. The summed E-state index contributed by atoms with van der Waals surface area (Å²) >= 11 is 0. The van der Waals surface area contributed by atoms with Gasteiger partial charge in [-0.1, -0.05) is 6.92 Å². The van der Waals surface area contributed by atoms with E-state index < -0.39 is 0 Å². The molecule has 3 nitrogen and oxygen atoms in total. The van der Waals surface area contributed by atoms with E-state index in [1.807, 2.05) is 31.2 Å². The van der Waals surface area contributed by atoms with Crippen LogP contribution in [-0.4, -0.2) is 25.3 Å². The molecule has 0 aliphatic carbocycles. The van der Waals surface area contributed by atoms with Gasteiger partial charge in [0.25, 0.3) is 0 Å². The molecular weight excluding hydrogens is 238 g/mol. The molecule has 1 N–H and O–H groups in total. The van der Waals surface area contributed by atoms with Gasteiger partial charge in [-0.25, -0.2) is 0 Å². The molecule has 0 heterocycles. The summed E-state index contributed by atoms with van der Waals surface area (Å²) in [4.78, 5) is 0. The van der Waals surface area contributed by atoms with Gasteiger partial charge < -0.3 is 14.8 Å². The second kappa shape index (κ2) is 8.81. The molecule has 0 bridgehead atoms. The largest absolute Gasteiger partial charge is 0.494 e. The maximum Gasteiger partial charge on any atom is 0.119 e. The Kier molecular flexibility index (Phi) is 7.34. The lowest BCUT2D eigenvalue weighted by Gasteiger charge is -2.20. The van der Waals surface area contributed by atoms with Crippen LogP contribution in [0.4, 0.5) is 0 Å². The Morgan fingerprint density at radius 3 is 2.26 bits per heavy atom. The number of ether oxygens (including phenoxy) is 2. The van der Waals surface area contributed by atoms with Crippen molar-refractivity contribution in [3.8, 4) is 11.5 Å². The molecule has 0 radical (unpaired) electrons. The van der Waals surface area contributed by atoms with Crippen molar-refractivity contribution in [2.24, 2.45) is 0 Å². The third-order valence-corrected chi connectivity index (χ3v) is 2.90. The first-order chi connectivity index (χ1) is 9.15. The minimum absolute atomic E-state index is 0.206. The lowest BCUT2D eigenvalue weighted by Crippen LogP contribution is -2.31. The minimum atomic E-state index is 0.206. The van der Waals surface area contributed by atoms with Gasteiger partial charge in [-0.3, -0.25) is 0 Å². The fourth-order valence-corrected chi connectivity index (χ4v) is 2.03. The summed E-state index contributed by atoms with van der Waals surface area (Å²) in [5.74, 6) is 1.79.